The van der Waals surface area contributed by atoms with Crippen molar-refractivity contribution in [2.75, 3.05) is 17.5 Å². The van der Waals surface area contributed by atoms with Crippen LogP contribution in [0.2, 0.25) is 0 Å². The molecule has 1 aliphatic heterocycles. The molecule has 1 saturated heterocycles. The fraction of sp³-hybridized carbons (Fsp3) is 0.316. The molecule has 1 fully saturated rings. The maximum absolute atomic E-state index is 14.0. The molecule has 10 heteroatoms. The third-order valence-electron chi connectivity index (χ3n) is 4.73. The minimum Gasteiger partial charge on any atom is -0.337 e. The van der Waals surface area contributed by atoms with Crippen molar-refractivity contribution in [1.29, 1.82) is 0 Å². The summed E-state index contributed by atoms with van der Waals surface area (Å²) in [7, 11) is -3.44. The highest BCUT2D eigenvalue weighted by Gasteiger charge is 2.31. The van der Waals surface area contributed by atoms with Crippen LogP contribution in [0, 0.1) is 5.82 Å². The van der Waals surface area contributed by atoms with E-state index < -0.39 is 10.0 Å². The van der Waals surface area contributed by atoms with Gasteiger partial charge in [0.25, 0.3) is 0 Å². The van der Waals surface area contributed by atoms with Crippen LogP contribution in [0.25, 0.3) is 11.4 Å². The topological polar surface area (TPSA) is 101 Å². The van der Waals surface area contributed by atoms with Gasteiger partial charge in [-0.15, -0.1) is 0 Å². The number of hydrogen-bond acceptors (Lipinski definition) is 7. The van der Waals surface area contributed by atoms with Gasteiger partial charge in [-0.25, -0.2) is 17.8 Å². The lowest BCUT2D eigenvalue weighted by molar-refractivity contribution is 0.199. The standard InChI is InChI=1S/C19H20FN5O3S/c1-29(26,27)24-17-11-13(8-9-21-17)18-22-19(28-23-18)16-7-4-10-25(16)12-14-5-2-3-6-15(14)20/h2-3,5-6,8-9,11,16H,4,7,10,12H2,1H3,(H,21,24). The molecular weight excluding hydrogens is 397 g/mol. The highest BCUT2D eigenvalue weighted by Crippen LogP contribution is 2.33. The summed E-state index contributed by atoms with van der Waals surface area (Å²) >= 11 is 0. The molecule has 29 heavy (non-hydrogen) atoms. The summed E-state index contributed by atoms with van der Waals surface area (Å²) in [5, 5.41) is 4.04. The Bertz CT molecular complexity index is 1120. The quantitative estimate of drug-likeness (QED) is 0.658. The molecular formula is C19H20FN5O3S. The number of likely N-dealkylation sites (tertiary alicyclic amines) is 1. The molecule has 0 aliphatic carbocycles. The van der Waals surface area contributed by atoms with E-state index in [4.69, 9.17) is 4.52 Å². The zero-order chi connectivity index (χ0) is 20.4. The van der Waals surface area contributed by atoms with Gasteiger partial charge in [-0.3, -0.25) is 9.62 Å². The summed E-state index contributed by atoms with van der Waals surface area (Å²) in [6.07, 6.45) is 4.32. The third kappa shape index (κ3) is 4.60. The average Bonchev–Trinajstić information content (AvgIpc) is 3.31. The molecule has 1 aromatic carbocycles. The van der Waals surface area contributed by atoms with Crippen LogP contribution < -0.4 is 4.72 Å². The SMILES string of the molecule is CS(=O)(=O)Nc1cc(-c2noc(C3CCCN3Cc3ccccc3F)n2)ccn1. The fourth-order valence-corrected chi connectivity index (χ4v) is 3.94. The Morgan fingerprint density at radius 3 is 2.93 bits per heavy atom. The average molecular weight is 417 g/mol. The highest BCUT2D eigenvalue weighted by molar-refractivity contribution is 7.92. The van der Waals surface area contributed by atoms with Gasteiger partial charge in [0.05, 0.1) is 12.3 Å². The van der Waals surface area contributed by atoms with Crippen molar-refractivity contribution in [3.05, 3.63) is 59.9 Å². The zero-order valence-electron chi connectivity index (χ0n) is 15.7. The Kier molecular flexibility index (Phi) is 5.29. The molecule has 3 heterocycles. The molecule has 0 saturated carbocycles. The molecule has 152 valence electrons. The molecule has 8 nitrogen and oxygen atoms in total. The van der Waals surface area contributed by atoms with Crippen molar-refractivity contribution in [3.8, 4) is 11.4 Å². The smallest absolute Gasteiger partial charge is 0.244 e. The Hall–Kier alpha value is -2.85. The van der Waals surface area contributed by atoms with Crippen molar-refractivity contribution in [3.63, 3.8) is 0 Å². The summed E-state index contributed by atoms with van der Waals surface area (Å²) in [6, 6.07) is 9.85. The minimum atomic E-state index is -3.44. The van der Waals surface area contributed by atoms with E-state index in [0.717, 1.165) is 25.6 Å². The Labute approximate surface area is 167 Å². The number of halogens is 1. The largest absolute Gasteiger partial charge is 0.337 e. The van der Waals surface area contributed by atoms with E-state index in [9.17, 15) is 12.8 Å². The van der Waals surface area contributed by atoms with Gasteiger partial charge in [0, 0.05) is 23.9 Å². The second kappa shape index (κ2) is 7.88. The van der Waals surface area contributed by atoms with Gasteiger partial charge in [0.15, 0.2) is 0 Å². The number of pyridine rings is 1. The monoisotopic (exact) mass is 417 g/mol. The lowest BCUT2D eigenvalue weighted by Gasteiger charge is -2.21. The molecule has 1 N–H and O–H groups in total. The number of aromatic nitrogens is 3. The first-order chi connectivity index (χ1) is 13.9. The maximum atomic E-state index is 14.0. The normalized spacial score (nSPS) is 17.5. The van der Waals surface area contributed by atoms with Gasteiger partial charge in [-0.2, -0.15) is 4.98 Å². The van der Waals surface area contributed by atoms with Crippen LogP contribution in [0.15, 0.2) is 47.1 Å². The van der Waals surface area contributed by atoms with Crippen LogP contribution in [-0.4, -0.2) is 41.2 Å². The van der Waals surface area contributed by atoms with Gasteiger partial charge in [-0.1, -0.05) is 23.4 Å². The number of nitrogens with zero attached hydrogens (tertiary/aromatic N) is 4. The van der Waals surface area contributed by atoms with Crippen LogP contribution in [0.4, 0.5) is 10.2 Å². The maximum Gasteiger partial charge on any atom is 0.244 e. The molecule has 0 spiro atoms. The first-order valence-corrected chi connectivity index (χ1v) is 11.0. The summed E-state index contributed by atoms with van der Waals surface area (Å²) in [5.74, 6) is 0.755. The van der Waals surface area contributed by atoms with Crippen molar-refractivity contribution in [2.24, 2.45) is 0 Å². The molecule has 3 aromatic rings. The summed E-state index contributed by atoms with van der Waals surface area (Å²) in [5.41, 5.74) is 1.21. The lowest BCUT2D eigenvalue weighted by atomic mass is 10.1. The van der Waals surface area contributed by atoms with E-state index in [0.29, 0.717) is 29.4 Å². The Morgan fingerprint density at radius 2 is 2.14 bits per heavy atom. The van der Waals surface area contributed by atoms with Crippen LogP contribution in [0.1, 0.15) is 30.3 Å². The second-order valence-electron chi connectivity index (χ2n) is 6.98. The van der Waals surface area contributed by atoms with Gasteiger partial charge in [0.1, 0.15) is 11.6 Å². The van der Waals surface area contributed by atoms with Crippen LogP contribution >= 0.6 is 0 Å². The van der Waals surface area contributed by atoms with E-state index >= 15 is 0 Å². The number of anilines is 1. The van der Waals surface area contributed by atoms with Gasteiger partial charge in [0.2, 0.25) is 21.7 Å². The molecule has 2 aromatic heterocycles. The number of sulfonamides is 1. The van der Waals surface area contributed by atoms with E-state index in [1.165, 1.54) is 12.3 Å². The molecule has 0 radical (unpaired) electrons. The van der Waals surface area contributed by atoms with E-state index in [2.05, 4.69) is 24.7 Å². The van der Waals surface area contributed by atoms with Crippen LogP contribution in [0.3, 0.4) is 0 Å². The second-order valence-corrected chi connectivity index (χ2v) is 8.73. The molecule has 1 unspecified atom stereocenters. The Balaban J connectivity index is 1.54. The van der Waals surface area contributed by atoms with E-state index in [1.54, 1.807) is 24.3 Å². The number of benzene rings is 1. The predicted molar refractivity (Wildman–Crippen MR) is 105 cm³/mol. The summed E-state index contributed by atoms with van der Waals surface area (Å²) in [4.78, 5) is 10.6. The summed E-state index contributed by atoms with van der Waals surface area (Å²) < 4.78 is 44.6. The van der Waals surface area contributed by atoms with Crippen molar-refractivity contribution >= 4 is 15.8 Å². The molecule has 1 aliphatic rings. The number of nitrogens with one attached hydrogen (secondary N) is 1. The van der Waals surface area contributed by atoms with Crippen molar-refractivity contribution in [1.82, 2.24) is 20.0 Å². The van der Waals surface area contributed by atoms with Gasteiger partial charge >= 0.3 is 0 Å². The molecule has 4 rings (SSSR count). The van der Waals surface area contributed by atoms with Crippen molar-refractivity contribution in [2.45, 2.75) is 25.4 Å². The third-order valence-corrected chi connectivity index (χ3v) is 5.31. The predicted octanol–water partition coefficient (Wildman–Crippen LogP) is 2.98. The summed E-state index contributed by atoms with van der Waals surface area (Å²) in [6.45, 7) is 1.28. The van der Waals surface area contributed by atoms with Gasteiger partial charge < -0.3 is 4.52 Å². The molecule has 0 bridgehead atoms. The van der Waals surface area contributed by atoms with Crippen LogP contribution in [-0.2, 0) is 16.6 Å². The lowest BCUT2D eigenvalue weighted by Crippen LogP contribution is -2.23. The first kappa shape index (κ1) is 19.5. The fourth-order valence-electron chi connectivity index (χ4n) is 3.44. The van der Waals surface area contributed by atoms with E-state index in [-0.39, 0.29) is 17.7 Å². The molecule has 0 amide bonds. The zero-order valence-corrected chi connectivity index (χ0v) is 16.6. The number of rotatable bonds is 6. The minimum absolute atomic E-state index is 0.0914. The Morgan fingerprint density at radius 1 is 1.31 bits per heavy atom. The van der Waals surface area contributed by atoms with Crippen LogP contribution in [0.5, 0.6) is 0 Å². The highest BCUT2D eigenvalue weighted by atomic mass is 32.2. The molecule has 1 atom stereocenters. The number of hydrogen-bond donors (Lipinski definition) is 1. The van der Waals surface area contributed by atoms with E-state index in [1.807, 2.05) is 6.07 Å². The first-order valence-electron chi connectivity index (χ1n) is 9.14. The van der Waals surface area contributed by atoms with Crippen molar-refractivity contribution < 1.29 is 17.3 Å². The van der Waals surface area contributed by atoms with Gasteiger partial charge in [-0.05, 0) is 37.6 Å².